The molecule has 0 radical (unpaired) electrons. The summed E-state index contributed by atoms with van der Waals surface area (Å²) in [6.45, 7) is 11.9. The topological polar surface area (TPSA) is 33.1 Å². The normalized spacial score (nSPS) is 23.2. The Kier molecular flexibility index (Phi) is 4.77. The van der Waals surface area contributed by atoms with E-state index < -0.39 is 0 Å². The molecule has 1 saturated heterocycles. The van der Waals surface area contributed by atoms with Crippen molar-refractivity contribution in [2.45, 2.75) is 58.7 Å². The summed E-state index contributed by atoms with van der Waals surface area (Å²) in [6.07, 6.45) is 2.45. The van der Waals surface area contributed by atoms with Gasteiger partial charge in [0.05, 0.1) is 5.69 Å². The van der Waals surface area contributed by atoms with Gasteiger partial charge in [-0.05, 0) is 27.2 Å². The van der Waals surface area contributed by atoms with Gasteiger partial charge in [-0.15, -0.1) is 0 Å². The number of nitrogens with one attached hydrogen (secondary N) is 1. The van der Waals surface area contributed by atoms with E-state index >= 15 is 0 Å². The Morgan fingerprint density at radius 3 is 2.70 bits per heavy atom. The summed E-state index contributed by atoms with van der Waals surface area (Å²) >= 11 is 6.38. The van der Waals surface area contributed by atoms with Crippen molar-refractivity contribution >= 4 is 11.6 Å². The van der Waals surface area contributed by atoms with Gasteiger partial charge in [-0.2, -0.15) is 5.10 Å². The minimum absolute atomic E-state index is 0.149. The predicted molar refractivity (Wildman–Crippen MR) is 84.1 cm³/mol. The van der Waals surface area contributed by atoms with Crippen LogP contribution in [0.1, 0.15) is 44.9 Å². The monoisotopic (exact) mass is 298 g/mol. The van der Waals surface area contributed by atoms with Crippen LogP contribution in [-0.2, 0) is 13.6 Å². The molecular formula is C15H27ClN4. The van der Waals surface area contributed by atoms with Crippen LogP contribution in [0.2, 0.25) is 5.15 Å². The molecule has 114 valence electrons. The molecule has 0 aliphatic carbocycles. The molecule has 0 saturated carbocycles. The van der Waals surface area contributed by atoms with Gasteiger partial charge in [0.2, 0.25) is 0 Å². The van der Waals surface area contributed by atoms with Gasteiger partial charge in [-0.25, -0.2) is 0 Å². The Hall–Kier alpha value is -0.580. The van der Waals surface area contributed by atoms with Crippen LogP contribution in [0.4, 0.5) is 0 Å². The van der Waals surface area contributed by atoms with Crippen LogP contribution in [0.15, 0.2) is 0 Å². The van der Waals surface area contributed by atoms with Gasteiger partial charge in [0, 0.05) is 43.8 Å². The fraction of sp³-hybridized carbons (Fsp3) is 0.800. The lowest BCUT2D eigenvalue weighted by Gasteiger charge is -2.46. The van der Waals surface area contributed by atoms with E-state index in [0.717, 1.165) is 30.5 Å². The van der Waals surface area contributed by atoms with Gasteiger partial charge in [-0.3, -0.25) is 9.58 Å². The Morgan fingerprint density at radius 2 is 2.15 bits per heavy atom. The smallest absolute Gasteiger partial charge is 0.131 e. The third kappa shape index (κ3) is 3.18. The van der Waals surface area contributed by atoms with Gasteiger partial charge in [0.15, 0.2) is 0 Å². The highest BCUT2D eigenvalue weighted by Crippen LogP contribution is 2.27. The maximum Gasteiger partial charge on any atom is 0.131 e. The molecule has 2 rings (SSSR count). The van der Waals surface area contributed by atoms with Crippen molar-refractivity contribution in [3.63, 3.8) is 0 Å². The average Bonchev–Trinajstić information content (AvgIpc) is 2.60. The number of rotatable bonds is 4. The molecule has 1 fully saturated rings. The van der Waals surface area contributed by atoms with Crippen LogP contribution in [0.5, 0.6) is 0 Å². The van der Waals surface area contributed by atoms with Gasteiger partial charge < -0.3 is 5.32 Å². The lowest BCUT2D eigenvalue weighted by Crippen LogP contribution is -2.61. The Labute approximate surface area is 127 Å². The number of hydrogen-bond acceptors (Lipinski definition) is 3. The van der Waals surface area contributed by atoms with Crippen molar-refractivity contribution < 1.29 is 0 Å². The first-order valence-electron chi connectivity index (χ1n) is 7.51. The van der Waals surface area contributed by atoms with Gasteiger partial charge in [0.25, 0.3) is 0 Å². The van der Waals surface area contributed by atoms with Crippen molar-refractivity contribution in [2.75, 3.05) is 13.1 Å². The molecule has 0 bridgehead atoms. The zero-order chi connectivity index (χ0) is 14.9. The lowest BCUT2D eigenvalue weighted by molar-refractivity contribution is 0.0562. The highest BCUT2D eigenvalue weighted by atomic mass is 35.5. The van der Waals surface area contributed by atoms with E-state index in [4.69, 9.17) is 11.6 Å². The zero-order valence-electron chi connectivity index (χ0n) is 13.3. The maximum atomic E-state index is 6.38. The highest BCUT2D eigenvalue weighted by Gasteiger charge is 2.34. The summed E-state index contributed by atoms with van der Waals surface area (Å²) in [7, 11) is 1.90. The predicted octanol–water partition coefficient (Wildman–Crippen LogP) is 2.73. The van der Waals surface area contributed by atoms with Crippen molar-refractivity contribution in [1.82, 2.24) is 20.0 Å². The number of aromatic nitrogens is 2. The molecule has 1 aromatic rings. The first-order valence-corrected chi connectivity index (χ1v) is 7.89. The second kappa shape index (κ2) is 6.04. The molecule has 5 heteroatoms. The molecule has 1 unspecified atom stereocenters. The summed E-state index contributed by atoms with van der Waals surface area (Å²) < 4.78 is 1.77. The van der Waals surface area contributed by atoms with Crippen molar-refractivity contribution in [1.29, 1.82) is 0 Å². The third-order valence-corrected chi connectivity index (χ3v) is 4.85. The lowest BCUT2D eigenvalue weighted by atomic mass is 9.95. The zero-order valence-corrected chi connectivity index (χ0v) is 14.1. The average molecular weight is 299 g/mol. The molecule has 0 amide bonds. The molecule has 4 nitrogen and oxygen atoms in total. The molecule has 1 aromatic heterocycles. The van der Waals surface area contributed by atoms with Crippen molar-refractivity contribution in [3.05, 3.63) is 16.4 Å². The first-order chi connectivity index (χ1) is 9.35. The number of nitrogens with zero attached hydrogens (tertiary/aromatic N) is 3. The highest BCUT2D eigenvalue weighted by molar-refractivity contribution is 6.30. The van der Waals surface area contributed by atoms with Crippen LogP contribution >= 0.6 is 11.6 Å². The first kappa shape index (κ1) is 15.8. The second-order valence-corrected chi connectivity index (χ2v) is 6.90. The third-order valence-electron chi connectivity index (χ3n) is 4.38. The van der Waals surface area contributed by atoms with E-state index in [1.807, 2.05) is 14.0 Å². The van der Waals surface area contributed by atoms with E-state index in [1.165, 1.54) is 18.4 Å². The van der Waals surface area contributed by atoms with E-state index in [2.05, 4.69) is 36.1 Å². The van der Waals surface area contributed by atoms with Crippen molar-refractivity contribution in [2.24, 2.45) is 7.05 Å². The van der Waals surface area contributed by atoms with Gasteiger partial charge in [0.1, 0.15) is 5.15 Å². The standard InChI is InChI=1S/C15H27ClN4/c1-6-7-12-8-20(15(3,4)10-17-12)9-13-11(2)18-19(5)14(13)16/h12,17H,6-10H2,1-5H3. The number of aryl methyl sites for hydroxylation is 2. The van der Waals surface area contributed by atoms with Crippen LogP contribution in [0.25, 0.3) is 0 Å². The maximum absolute atomic E-state index is 6.38. The van der Waals surface area contributed by atoms with E-state index in [9.17, 15) is 0 Å². The molecule has 1 N–H and O–H groups in total. The molecular weight excluding hydrogens is 272 g/mol. The minimum atomic E-state index is 0.149. The van der Waals surface area contributed by atoms with Crippen LogP contribution in [0, 0.1) is 6.92 Å². The minimum Gasteiger partial charge on any atom is -0.311 e. The fourth-order valence-corrected chi connectivity index (χ4v) is 3.18. The Morgan fingerprint density at radius 1 is 1.45 bits per heavy atom. The Balaban J connectivity index is 2.16. The number of halogens is 1. The van der Waals surface area contributed by atoms with E-state index in [1.54, 1.807) is 4.68 Å². The molecule has 1 aliphatic rings. The van der Waals surface area contributed by atoms with Crippen LogP contribution < -0.4 is 5.32 Å². The molecule has 0 spiro atoms. The summed E-state index contributed by atoms with van der Waals surface area (Å²) in [5.74, 6) is 0. The van der Waals surface area contributed by atoms with E-state index in [-0.39, 0.29) is 5.54 Å². The summed E-state index contributed by atoms with van der Waals surface area (Å²) in [6, 6.07) is 0.587. The Bertz CT molecular complexity index is 467. The van der Waals surface area contributed by atoms with Gasteiger partial charge in [-0.1, -0.05) is 24.9 Å². The molecule has 0 aromatic carbocycles. The van der Waals surface area contributed by atoms with Crippen molar-refractivity contribution in [3.8, 4) is 0 Å². The van der Waals surface area contributed by atoms with E-state index in [0.29, 0.717) is 6.04 Å². The van der Waals surface area contributed by atoms with Crippen LogP contribution in [-0.4, -0.2) is 39.4 Å². The largest absolute Gasteiger partial charge is 0.311 e. The van der Waals surface area contributed by atoms with Crippen LogP contribution in [0.3, 0.4) is 0 Å². The fourth-order valence-electron chi connectivity index (χ4n) is 2.95. The molecule has 2 heterocycles. The molecule has 1 aliphatic heterocycles. The quantitative estimate of drug-likeness (QED) is 0.928. The molecule has 1 atom stereocenters. The second-order valence-electron chi connectivity index (χ2n) is 6.54. The summed E-state index contributed by atoms with van der Waals surface area (Å²) in [5.41, 5.74) is 2.36. The summed E-state index contributed by atoms with van der Waals surface area (Å²) in [5, 5.41) is 8.85. The van der Waals surface area contributed by atoms with Gasteiger partial charge >= 0.3 is 0 Å². The number of hydrogen-bond donors (Lipinski definition) is 1. The number of piperazine rings is 1. The summed E-state index contributed by atoms with van der Waals surface area (Å²) in [4.78, 5) is 2.54. The SMILES string of the molecule is CCCC1CN(Cc2c(C)nn(C)c2Cl)C(C)(C)CN1. The molecule has 20 heavy (non-hydrogen) atoms.